The molecule has 0 aromatic carbocycles. The molecule has 0 aromatic heterocycles. The van der Waals surface area contributed by atoms with Gasteiger partial charge in [0.05, 0.1) is 0 Å². The molecule has 112 valence electrons. The zero-order valence-electron chi connectivity index (χ0n) is 13.2. The molecule has 0 aromatic rings. The molecule has 2 heteroatoms. The molecule has 2 nitrogen and oxygen atoms in total. The number of likely N-dealkylation sites (tertiary alicyclic amines) is 1. The number of nitrogens with one attached hydrogen (secondary N) is 1. The lowest BCUT2D eigenvalue weighted by molar-refractivity contribution is 0.110. The molecule has 2 rings (SSSR count). The van der Waals surface area contributed by atoms with Crippen LogP contribution in [0.4, 0.5) is 0 Å². The molecule has 0 radical (unpaired) electrons. The molecule has 0 bridgehead atoms. The van der Waals surface area contributed by atoms with E-state index in [-0.39, 0.29) is 0 Å². The number of nitrogens with zero attached hydrogens (tertiary/aromatic N) is 1. The maximum atomic E-state index is 3.68. The maximum Gasteiger partial charge on any atom is 0.0123 e. The summed E-state index contributed by atoms with van der Waals surface area (Å²) < 4.78 is 0. The minimum atomic E-state index is 0.754. The number of hydrogen-bond donors (Lipinski definition) is 1. The van der Waals surface area contributed by atoms with Gasteiger partial charge in [-0.2, -0.15) is 0 Å². The first-order valence-corrected chi connectivity index (χ1v) is 8.82. The maximum absolute atomic E-state index is 3.68. The van der Waals surface area contributed by atoms with E-state index < -0.39 is 0 Å². The van der Waals surface area contributed by atoms with Crippen LogP contribution >= 0.6 is 0 Å². The normalized spacial score (nSPS) is 29.4. The summed E-state index contributed by atoms with van der Waals surface area (Å²) >= 11 is 0. The molecule has 3 atom stereocenters. The van der Waals surface area contributed by atoms with Crippen LogP contribution in [0.5, 0.6) is 0 Å². The smallest absolute Gasteiger partial charge is 0.0123 e. The Morgan fingerprint density at radius 2 is 2.00 bits per heavy atom. The van der Waals surface area contributed by atoms with Crippen LogP contribution in [-0.2, 0) is 0 Å². The minimum absolute atomic E-state index is 0.754. The molecule has 0 amide bonds. The van der Waals surface area contributed by atoms with E-state index in [0.717, 1.165) is 18.0 Å². The van der Waals surface area contributed by atoms with Gasteiger partial charge in [-0.15, -0.1) is 0 Å². The zero-order chi connectivity index (χ0) is 13.5. The lowest BCUT2D eigenvalue weighted by atomic mass is 9.91. The van der Waals surface area contributed by atoms with Crippen molar-refractivity contribution in [3.05, 3.63) is 0 Å². The summed E-state index contributed by atoms with van der Waals surface area (Å²) in [4.78, 5) is 2.83. The van der Waals surface area contributed by atoms with E-state index in [1.807, 2.05) is 0 Å². The average molecular weight is 266 g/mol. The summed E-state index contributed by atoms with van der Waals surface area (Å²) in [5, 5.41) is 3.68. The van der Waals surface area contributed by atoms with Crippen LogP contribution in [0.15, 0.2) is 0 Å². The Morgan fingerprint density at radius 1 is 1.16 bits per heavy atom. The van der Waals surface area contributed by atoms with Gasteiger partial charge in [0.2, 0.25) is 0 Å². The van der Waals surface area contributed by atoms with Crippen molar-refractivity contribution in [2.45, 2.75) is 83.7 Å². The van der Waals surface area contributed by atoms with Crippen LogP contribution in [-0.4, -0.2) is 36.6 Å². The van der Waals surface area contributed by atoms with Gasteiger partial charge in [0, 0.05) is 12.1 Å². The second-order valence-corrected chi connectivity index (χ2v) is 6.64. The van der Waals surface area contributed by atoms with Gasteiger partial charge >= 0.3 is 0 Å². The lowest BCUT2D eigenvalue weighted by Gasteiger charge is -2.38. The van der Waals surface area contributed by atoms with Gasteiger partial charge in [-0.05, 0) is 76.9 Å². The first-order chi connectivity index (χ1) is 9.35. The Balaban J connectivity index is 1.66. The zero-order valence-corrected chi connectivity index (χ0v) is 13.2. The molecule has 2 aliphatic rings. The summed E-state index contributed by atoms with van der Waals surface area (Å²) in [6.07, 6.45) is 12.7. The number of rotatable bonds is 8. The van der Waals surface area contributed by atoms with Gasteiger partial charge in [-0.25, -0.2) is 0 Å². The molecule has 1 saturated heterocycles. The highest BCUT2D eigenvalue weighted by atomic mass is 15.2. The van der Waals surface area contributed by atoms with Gasteiger partial charge < -0.3 is 10.2 Å². The fraction of sp³-hybridized carbons (Fsp3) is 1.00. The van der Waals surface area contributed by atoms with Gasteiger partial charge in [0.15, 0.2) is 0 Å². The second kappa shape index (κ2) is 8.26. The van der Waals surface area contributed by atoms with E-state index >= 15 is 0 Å². The molecule has 0 spiro atoms. The Bertz CT molecular complexity index is 241. The van der Waals surface area contributed by atoms with E-state index in [4.69, 9.17) is 0 Å². The van der Waals surface area contributed by atoms with E-state index in [1.165, 1.54) is 77.4 Å². The van der Waals surface area contributed by atoms with Gasteiger partial charge in [-0.1, -0.05) is 20.3 Å². The molecule has 2 fully saturated rings. The van der Waals surface area contributed by atoms with E-state index in [2.05, 4.69) is 24.1 Å². The summed E-state index contributed by atoms with van der Waals surface area (Å²) in [6, 6.07) is 1.71. The van der Waals surface area contributed by atoms with Crippen molar-refractivity contribution in [1.82, 2.24) is 10.2 Å². The largest absolute Gasteiger partial charge is 0.314 e. The van der Waals surface area contributed by atoms with Crippen LogP contribution in [0.3, 0.4) is 0 Å². The standard InChI is InChI=1S/C17H34N2/c1-3-12-18-16(4-2)10-7-14-19-13-6-9-15-8-5-11-17(15)19/h15-18H,3-14H2,1-2H3. The highest BCUT2D eigenvalue weighted by Gasteiger charge is 2.34. The van der Waals surface area contributed by atoms with Crippen LogP contribution in [0.25, 0.3) is 0 Å². The van der Waals surface area contributed by atoms with Crippen molar-refractivity contribution in [1.29, 1.82) is 0 Å². The fourth-order valence-electron chi connectivity index (χ4n) is 4.17. The lowest BCUT2D eigenvalue weighted by Crippen LogP contribution is -2.43. The summed E-state index contributed by atoms with van der Waals surface area (Å²) in [5.74, 6) is 1.05. The number of piperidine rings is 1. The minimum Gasteiger partial charge on any atom is -0.314 e. The first-order valence-electron chi connectivity index (χ1n) is 8.82. The molecule has 1 aliphatic heterocycles. The Labute approximate surface area is 120 Å². The van der Waals surface area contributed by atoms with Crippen molar-refractivity contribution >= 4 is 0 Å². The third-order valence-electron chi connectivity index (χ3n) is 5.28. The van der Waals surface area contributed by atoms with Gasteiger partial charge in [0.1, 0.15) is 0 Å². The number of fused-ring (bicyclic) bond motifs is 1. The molecule has 1 saturated carbocycles. The van der Waals surface area contributed by atoms with E-state index in [1.54, 1.807) is 0 Å². The van der Waals surface area contributed by atoms with Gasteiger partial charge in [0.25, 0.3) is 0 Å². The molecular formula is C17H34N2. The first kappa shape index (κ1) is 15.3. The van der Waals surface area contributed by atoms with Crippen LogP contribution in [0.1, 0.15) is 71.6 Å². The average Bonchev–Trinajstić information content (AvgIpc) is 2.91. The Kier molecular flexibility index (Phi) is 6.66. The molecule has 3 unspecified atom stereocenters. The fourth-order valence-corrected chi connectivity index (χ4v) is 4.17. The van der Waals surface area contributed by atoms with Crippen LogP contribution in [0.2, 0.25) is 0 Å². The SMILES string of the molecule is CCCNC(CC)CCCN1CCCC2CCCC21. The van der Waals surface area contributed by atoms with Crippen molar-refractivity contribution in [3.63, 3.8) is 0 Å². The summed E-state index contributed by atoms with van der Waals surface area (Å²) in [6.45, 7) is 8.49. The van der Waals surface area contributed by atoms with Crippen LogP contribution in [0, 0.1) is 5.92 Å². The molecule has 1 aliphatic carbocycles. The van der Waals surface area contributed by atoms with Gasteiger partial charge in [-0.3, -0.25) is 0 Å². The topological polar surface area (TPSA) is 15.3 Å². The van der Waals surface area contributed by atoms with Crippen molar-refractivity contribution in [2.24, 2.45) is 5.92 Å². The number of hydrogen-bond acceptors (Lipinski definition) is 2. The highest BCUT2D eigenvalue weighted by molar-refractivity contribution is 4.89. The third kappa shape index (κ3) is 4.46. The molecule has 19 heavy (non-hydrogen) atoms. The molecular weight excluding hydrogens is 232 g/mol. The Morgan fingerprint density at radius 3 is 2.79 bits per heavy atom. The van der Waals surface area contributed by atoms with E-state index in [9.17, 15) is 0 Å². The summed E-state index contributed by atoms with van der Waals surface area (Å²) in [7, 11) is 0. The van der Waals surface area contributed by atoms with Crippen molar-refractivity contribution in [3.8, 4) is 0 Å². The quantitative estimate of drug-likeness (QED) is 0.718. The molecule has 1 heterocycles. The second-order valence-electron chi connectivity index (χ2n) is 6.64. The predicted octanol–water partition coefficient (Wildman–Crippen LogP) is 3.81. The van der Waals surface area contributed by atoms with Crippen LogP contribution < -0.4 is 5.32 Å². The monoisotopic (exact) mass is 266 g/mol. The van der Waals surface area contributed by atoms with E-state index in [0.29, 0.717) is 0 Å². The van der Waals surface area contributed by atoms with Crippen molar-refractivity contribution in [2.75, 3.05) is 19.6 Å². The Hall–Kier alpha value is -0.0800. The third-order valence-corrected chi connectivity index (χ3v) is 5.28. The predicted molar refractivity (Wildman–Crippen MR) is 83.5 cm³/mol. The van der Waals surface area contributed by atoms with Crippen molar-refractivity contribution < 1.29 is 0 Å². The summed E-state index contributed by atoms with van der Waals surface area (Å²) in [5.41, 5.74) is 0. The molecule has 1 N–H and O–H groups in total. The highest BCUT2D eigenvalue weighted by Crippen LogP contribution is 2.36.